The van der Waals surface area contributed by atoms with E-state index in [1.807, 2.05) is 11.8 Å². The Balaban J connectivity index is 2.12. The lowest BCUT2D eigenvalue weighted by atomic mass is 10.2. The summed E-state index contributed by atoms with van der Waals surface area (Å²) in [4.78, 5) is 3.68. The first-order valence-electron chi connectivity index (χ1n) is 4.34. The second kappa shape index (κ2) is 2.67. The molecule has 0 N–H and O–H groups in total. The Kier molecular flexibility index (Phi) is 1.49. The fourth-order valence-corrected chi connectivity index (χ4v) is 2.87. The maximum absolute atomic E-state index is 2.31. The van der Waals surface area contributed by atoms with Gasteiger partial charge in [0.1, 0.15) is 5.37 Å². The lowest BCUT2D eigenvalue weighted by Gasteiger charge is -2.21. The second-order valence-electron chi connectivity index (χ2n) is 3.11. The molecule has 2 aliphatic heterocycles. The molecule has 1 aromatic rings. The molecule has 2 heterocycles. The quantitative estimate of drug-likeness (QED) is 0.614. The van der Waals surface area contributed by atoms with Gasteiger partial charge in [-0.2, -0.15) is 0 Å². The van der Waals surface area contributed by atoms with Gasteiger partial charge in [-0.25, -0.2) is 0 Å². The van der Waals surface area contributed by atoms with Crippen LogP contribution in [0.2, 0.25) is 0 Å². The summed E-state index contributed by atoms with van der Waals surface area (Å²) in [5, 5.41) is 0.474. The van der Waals surface area contributed by atoms with E-state index in [2.05, 4.69) is 53.6 Å². The number of thioether (sulfide) groups is 1. The van der Waals surface area contributed by atoms with Crippen LogP contribution in [0.15, 0.2) is 53.6 Å². The van der Waals surface area contributed by atoms with Crippen LogP contribution in [0.5, 0.6) is 0 Å². The van der Waals surface area contributed by atoms with Crippen LogP contribution < -0.4 is 4.90 Å². The molecule has 1 nitrogen and oxygen atoms in total. The van der Waals surface area contributed by atoms with Gasteiger partial charge in [0.15, 0.2) is 0 Å². The van der Waals surface area contributed by atoms with Crippen LogP contribution in [0.1, 0.15) is 0 Å². The predicted octanol–water partition coefficient (Wildman–Crippen LogP) is 3.01. The zero-order chi connectivity index (χ0) is 8.67. The Labute approximate surface area is 81.7 Å². The van der Waals surface area contributed by atoms with Crippen LogP contribution in [-0.2, 0) is 0 Å². The topological polar surface area (TPSA) is 3.24 Å². The van der Waals surface area contributed by atoms with Gasteiger partial charge in [-0.15, -0.1) is 0 Å². The maximum Gasteiger partial charge on any atom is 0.103 e. The number of nitrogens with zero attached hydrogens (tertiary/aromatic N) is 1. The molecule has 0 spiro atoms. The van der Waals surface area contributed by atoms with Gasteiger partial charge in [-0.3, -0.25) is 0 Å². The summed E-state index contributed by atoms with van der Waals surface area (Å²) in [5.74, 6) is 0. The van der Waals surface area contributed by atoms with Crippen molar-refractivity contribution in [1.29, 1.82) is 0 Å². The lowest BCUT2D eigenvalue weighted by molar-refractivity contribution is 1.03. The highest BCUT2D eigenvalue weighted by Crippen LogP contribution is 2.44. The first kappa shape index (κ1) is 7.27. The first-order valence-corrected chi connectivity index (χ1v) is 5.22. The highest BCUT2D eigenvalue weighted by atomic mass is 32.2. The van der Waals surface area contributed by atoms with E-state index >= 15 is 0 Å². The van der Waals surface area contributed by atoms with Gasteiger partial charge in [-0.1, -0.05) is 36.0 Å². The van der Waals surface area contributed by atoms with Gasteiger partial charge in [0.05, 0.1) is 5.69 Å². The largest absolute Gasteiger partial charge is 0.331 e. The maximum atomic E-state index is 2.31. The minimum Gasteiger partial charge on any atom is -0.331 e. The Bertz CT molecular complexity index is 395. The molecule has 0 radical (unpaired) electrons. The van der Waals surface area contributed by atoms with Crippen LogP contribution in [0.3, 0.4) is 0 Å². The molecule has 13 heavy (non-hydrogen) atoms. The number of benzene rings is 1. The van der Waals surface area contributed by atoms with Crippen molar-refractivity contribution < 1.29 is 0 Å². The summed E-state index contributed by atoms with van der Waals surface area (Å²) in [6.07, 6.45) is 8.56. The average molecular weight is 187 g/mol. The van der Waals surface area contributed by atoms with E-state index in [1.54, 1.807) is 0 Å². The smallest absolute Gasteiger partial charge is 0.103 e. The van der Waals surface area contributed by atoms with Gasteiger partial charge < -0.3 is 4.90 Å². The highest BCUT2D eigenvalue weighted by molar-refractivity contribution is 8.00. The Morgan fingerprint density at radius 3 is 3.08 bits per heavy atom. The number of para-hydroxylation sites is 1. The van der Waals surface area contributed by atoms with Crippen LogP contribution in [0.4, 0.5) is 5.69 Å². The van der Waals surface area contributed by atoms with Crippen LogP contribution in [-0.4, -0.2) is 5.37 Å². The molecule has 0 bridgehead atoms. The molecule has 2 aliphatic rings. The van der Waals surface area contributed by atoms with E-state index < -0.39 is 0 Å². The summed E-state index contributed by atoms with van der Waals surface area (Å²) in [5.41, 5.74) is 1.33. The molecule has 1 aromatic carbocycles. The molecule has 0 aliphatic carbocycles. The molecular weight excluding hydrogens is 178 g/mol. The summed E-state index contributed by atoms with van der Waals surface area (Å²) in [6, 6.07) is 8.54. The molecule has 0 saturated carbocycles. The highest BCUT2D eigenvalue weighted by Gasteiger charge is 2.26. The molecule has 0 aromatic heterocycles. The summed E-state index contributed by atoms with van der Waals surface area (Å²) >= 11 is 1.91. The third-order valence-electron chi connectivity index (χ3n) is 2.30. The minimum absolute atomic E-state index is 0.474. The van der Waals surface area contributed by atoms with Gasteiger partial charge in [0, 0.05) is 11.1 Å². The third kappa shape index (κ3) is 1.02. The van der Waals surface area contributed by atoms with Gasteiger partial charge in [-0.05, 0) is 18.2 Å². The molecule has 0 amide bonds. The molecule has 1 unspecified atom stereocenters. The molecule has 2 heteroatoms. The van der Waals surface area contributed by atoms with Crippen molar-refractivity contribution in [2.24, 2.45) is 0 Å². The summed E-state index contributed by atoms with van der Waals surface area (Å²) in [7, 11) is 0. The third-order valence-corrected chi connectivity index (χ3v) is 3.52. The number of rotatable bonds is 0. The van der Waals surface area contributed by atoms with E-state index in [-0.39, 0.29) is 0 Å². The van der Waals surface area contributed by atoms with Crippen molar-refractivity contribution in [3.05, 3.63) is 48.7 Å². The van der Waals surface area contributed by atoms with Crippen molar-refractivity contribution in [3.8, 4) is 0 Å². The van der Waals surface area contributed by atoms with Gasteiger partial charge in [0.2, 0.25) is 0 Å². The zero-order valence-electron chi connectivity index (χ0n) is 7.05. The van der Waals surface area contributed by atoms with Crippen molar-refractivity contribution >= 4 is 17.4 Å². The minimum atomic E-state index is 0.474. The van der Waals surface area contributed by atoms with Crippen LogP contribution in [0.25, 0.3) is 0 Å². The second-order valence-corrected chi connectivity index (χ2v) is 4.27. The number of allylic oxidation sites excluding steroid dienone is 2. The van der Waals surface area contributed by atoms with E-state index in [0.29, 0.717) is 5.37 Å². The first-order chi connectivity index (χ1) is 6.45. The molecule has 64 valence electrons. The fraction of sp³-hybridized carbons (Fsp3) is 0.0909. The van der Waals surface area contributed by atoms with Crippen molar-refractivity contribution in [2.45, 2.75) is 10.3 Å². The standard InChI is InChI=1S/C11H9NS/c1-2-6-10-9(5-1)12-8-4-3-7-11(12)13-10/h1-8,11H. The molecule has 1 atom stereocenters. The number of fused-ring (bicyclic) bond motifs is 3. The van der Waals surface area contributed by atoms with Crippen molar-refractivity contribution in [1.82, 2.24) is 0 Å². The summed E-state index contributed by atoms with van der Waals surface area (Å²) < 4.78 is 0. The fourth-order valence-electron chi connectivity index (χ4n) is 1.69. The lowest BCUT2D eigenvalue weighted by Crippen LogP contribution is -2.22. The van der Waals surface area contributed by atoms with Crippen molar-refractivity contribution in [3.63, 3.8) is 0 Å². The van der Waals surface area contributed by atoms with E-state index in [4.69, 9.17) is 0 Å². The Morgan fingerprint density at radius 1 is 1.15 bits per heavy atom. The molecule has 0 saturated heterocycles. The van der Waals surface area contributed by atoms with Crippen LogP contribution in [0, 0.1) is 0 Å². The zero-order valence-corrected chi connectivity index (χ0v) is 7.87. The van der Waals surface area contributed by atoms with Gasteiger partial charge in [0.25, 0.3) is 0 Å². The molecule has 3 rings (SSSR count). The monoisotopic (exact) mass is 187 g/mol. The van der Waals surface area contributed by atoms with Gasteiger partial charge >= 0.3 is 0 Å². The normalized spacial score (nSPS) is 23.1. The Morgan fingerprint density at radius 2 is 2.08 bits per heavy atom. The Hall–Kier alpha value is -1.15. The number of hydrogen-bond donors (Lipinski definition) is 0. The molecule has 0 fully saturated rings. The SMILES string of the molecule is C1=CC2Sc3ccccc3N2C=C1. The number of anilines is 1. The predicted molar refractivity (Wildman–Crippen MR) is 56.8 cm³/mol. The van der Waals surface area contributed by atoms with Crippen molar-refractivity contribution in [2.75, 3.05) is 4.90 Å². The number of hydrogen-bond acceptors (Lipinski definition) is 2. The summed E-state index contributed by atoms with van der Waals surface area (Å²) in [6.45, 7) is 0. The average Bonchev–Trinajstić information content (AvgIpc) is 2.56. The van der Waals surface area contributed by atoms with Crippen LogP contribution >= 0.6 is 11.8 Å². The van der Waals surface area contributed by atoms with E-state index in [9.17, 15) is 0 Å². The van der Waals surface area contributed by atoms with E-state index in [1.165, 1.54) is 10.6 Å². The molecular formula is C11H9NS. The van der Waals surface area contributed by atoms with E-state index in [0.717, 1.165) is 0 Å².